The van der Waals surface area contributed by atoms with E-state index >= 15 is 0 Å². The molecule has 4 nitrogen and oxygen atoms in total. The van der Waals surface area contributed by atoms with E-state index in [2.05, 4.69) is 43.2 Å². The molecular formula is C10H15BrN4. The Morgan fingerprint density at radius 3 is 2.87 bits per heavy atom. The Hall–Kier alpha value is -0.680. The Kier molecular flexibility index (Phi) is 3.53. The molecule has 0 bridgehead atoms. The van der Waals surface area contributed by atoms with Gasteiger partial charge in [-0.15, -0.1) is 0 Å². The second-order valence-electron chi connectivity index (χ2n) is 3.94. The van der Waals surface area contributed by atoms with Crippen molar-refractivity contribution in [3.8, 4) is 0 Å². The molecule has 1 fully saturated rings. The Labute approximate surface area is 98.2 Å². The number of piperidine rings is 1. The van der Waals surface area contributed by atoms with E-state index in [1.807, 2.05) is 0 Å². The van der Waals surface area contributed by atoms with Crippen LogP contribution in [0, 0.1) is 0 Å². The van der Waals surface area contributed by atoms with E-state index in [-0.39, 0.29) is 0 Å². The van der Waals surface area contributed by atoms with Crippen LogP contribution < -0.4 is 5.32 Å². The van der Waals surface area contributed by atoms with Crippen molar-refractivity contribution in [2.75, 3.05) is 25.5 Å². The highest BCUT2D eigenvalue weighted by molar-refractivity contribution is 9.10. The summed E-state index contributed by atoms with van der Waals surface area (Å²) in [7, 11) is 2.16. The molecule has 0 unspecified atom stereocenters. The number of halogens is 1. The van der Waals surface area contributed by atoms with Crippen LogP contribution in [0.2, 0.25) is 0 Å². The molecule has 0 radical (unpaired) electrons. The predicted molar refractivity (Wildman–Crippen MR) is 63.9 cm³/mol. The molecule has 82 valence electrons. The molecule has 0 aliphatic carbocycles. The summed E-state index contributed by atoms with van der Waals surface area (Å²) in [6.45, 7) is 2.31. The maximum Gasteiger partial charge on any atom is 0.143 e. The molecule has 5 heteroatoms. The fraction of sp³-hybridized carbons (Fsp3) is 0.600. The summed E-state index contributed by atoms with van der Waals surface area (Å²) in [5.74, 6) is 0.902. The number of aromatic nitrogens is 2. The Morgan fingerprint density at radius 2 is 2.20 bits per heavy atom. The van der Waals surface area contributed by atoms with Gasteiger partial charge in [0.15, 0.2) is 0 Å². The molecule has 1 aromatic heterocycles. The lowest BCUT2D eigenvalue weighted by Gasteiger charge is -2.29. The van der Waals surface area contributed by atoms with Crippen molar-refractivity contribution in [2.24, 2.45) is 0 Å². The number of nitrogens with one attached hydrogen (secondary N) is 1. The van der Waals surface area contributed by atoms with Crippen molar-refractivity contribution in [1.29, 1.82) is 0 Å². The third-order valence-corrected chi connectivity index (χ3v) is 3.31. The molecule has 1 aromatic rings. The molecule has 0 atom stereocenters. The first kappa shape index (κ1) is 10.8. The highest BCUT2D eigenvalue weighted by Gasteiger charge is 2.17. The van der Waals surface area contributed by atoms with Crippen LogP contribution in [-0.2, 0) is 0 Å². The third kappa shape index (κ3) is 2.89. The summed E-state index contributed by atoms with van der Waals surface area (Å²) in [5, 5.41) is 3.45. The van der Waals surface area contributed by atoms with Gasteiger partial charge in [0.05, 0.1) is 4.47 Å². The number of likely N-dealkylation sites (tertiary alicyclic amines) is 1. The third-order valence-electron chi connectivity index (χ3n) is 2.73. The lowest BCUT2D eigenvalue weighted by molar-refractivity contribution is 0.263. The van der Waals surface area contributed by atoms with Crippen molar-refractivity contribution in [3.63, 3.8) is 0 Å². The quantitative estimate of drug-likeness (QED) is 0.889. The lowest BCUT2D eigenvalue weighted by Crippen LogP contribution is -2.36. The minimum atomic E-state index is 0.535. The van der Waals surface area contributed by atoms with E-state index in [1.165, 1.54) is 12.8 Å². The fourth-order valence-corrected chi connectivity index (χ4v) is 2.10. The van der Waals surface area contributed by atoms with E-state index < -0.39 is 0 Å². The first-order chi connectivity index (χ1) is 7.25. The fourth-order valence-electron chi connectivity index (χ4n) is 1.77. The van der Waals surface area contributed by atoms with Crippen LogP contribution in [0.1, 0.15) is 12.8 Å². The van der Waals surface area contributed by atoms with Gasteiger partial charge in [-0.2, -0.15) is 0 Å². The molecule has 1 saturated heterocycles. The number of nitrogens with zero attached hydrogens (tertiary/aromatic N) is 3. The van der Waals surface area contributed by atoms with Crippen LogP contribution in [0.4, 0.5) is 5.82 Å². The van der Waals surface area contributed by atoms with Gasteiger partial charge < -0.3 is 10.2 Å². The molecule has 2 rings (SSSR count). The monoisotopic (exact) mass is 270 g/mol. The predicted octanol–water partition coefficient (Wildman–Crippen LogP) is 1.75. The largest absolute Gasteiger partial charge is 0.366 e. The molecule has 2 heterocycles. The molecule has 0 amide bonds. The van der Waals surface area contributed by atoms with Gasteiger partial charge in [-0.1, -0.05) is 0 Å². The van der Waals surface area contributed by atoms with Crippen LogP contribution in [0.3, 0.4) is 0 Å². The second kappa shape index (κ2) is 4.90. The minimum Gasteiger partial charge on any atom is -0.366 e. The SMILES string of the molecule is CN1CCC(Nc2ncncc2Br)CC1. The standard InChI is InChI=1S/C10H15BrN4/c1-15-4-2-8(3-5-15)14-10-9(11)6-12-7-13-10/h6-8H,2-5H2,1H3,(H,12,13,14). The maximum atomic E-state index is 4.21. The zero-order valence-electron chi connectivity index (χ0n) is 8.78. The highest BCUT2D eigenvalue weighted by Crippen LogP contribution is 2.20. The minimum absolute atomic E-state index is 0.535. The van der Waals surface area contributed by atoms with Crippen molar-refractivity contribution in [2.45, 2.75) is 18.9 Å². The molecular weight excluding hydrogens is 256 g/mol. The number of rotatable bonds is 2. The summed E-state index contributed by atoms with van der Waals surface area (Å²) < 4.78 is 0.934. The van der Waals surface area contributed by atoms with Gasteiger partial charge in [0.1, 0.15) is 12.1 Å². The van der Waals surface area contributed by atoms with Crippen LogP contribution in [-0.4, -0.2) is 41.0 Å². The van der Waals surface area contributed by atoms with E-state index in [9.17, 15) is 0 Å². The topological polar surface area (TPSA) is 41.0 Å². The molecule has 15 heavy (non-hydrogen) atoms. The molecule has 1 aliphatic heterocycles. The zero-order chi connectivity index (χ0) is 10.7. The first-order valence-corrected chi connectivity index (χ1v) is 5.95. The van der Waals surface area contributed by atoms with Crippen molar-refractivity contribution in [1.82, 2.24) is 14.9 Å². The molecule has 1 aliphatic rings. The van der Waals surface area contributed by atoms with E-state index in [0.717, 1.165) is 23.4 Å². The summed E-state index contributed by atoms with van der Waals surface area (Å²) in [5.41, 5.74) is 0. The molecule has 1 N–H and O–H groups in total. The normalized spacial score (nSPS) is 19.1. The highest BCUT2D eigenvalue weighted by atomic mass is 79.9. The first-order valence-electron chi connectivity index (χ1n) is 5.16. The van der Waals surface area contributed by atoms with Gasteiger partial charge in [0.2, 0.25) is 0 Å². The van der Waals surface area contributed by atoms with Gasteiger partial charge in [0.25, 0.3) is 0 Å². The zero-order valence-corrected chi connectivity index (χ0v) is 10.4. The van der Waals surface area contributed by atoms with Crippen molar-refractivity contribution < 1.29 is 0 Å². The van der Waals surface area contributed by atoms with E-state index in [4.69, 9.17) is 0 Å². The van der Waals surface area contributed by atoms with E-state index in [0.29, 0.717) is 6.04 Å². The van der Waals surface area contributed by atoms with Gasteiger partial charge in [0, 0.05) is 12.2 Å². The van der Waals surface area contributed by atoms with Gasteiger partial charge >= 0.3 is 0 Å². The molecule has 0 saturated carbocycles. The van der Waals surface area contributed by atoms with E-state index in [1.54, 1.807) is 12.5 Å². The molecule has 0 spiro atoms. The second-order valence-corrected chi connectivity index (χ2v) is 4.80. The average Bonchev–Trinajstić information content (AvgIpc) is 2.25. The summed E-state index contributed by atoms with van der Waals surface area (Å²) in [6, 6.07) is 0.535. The van der Waals surface area contributed by atoms with Gasteiger partial charge in [-0.05, 0) is 48.9 Å². The lowest BCUT2D eigenvalue weighted by atomic mass is 10.1. The van der Waals surface area contributed by atoms with Crippen LogP contribution in [0.25, 0.3) is 0 Å². The Balaban J connectivity index is 1.95. The number of hydrogen-bond donors (Lipinski definition) is 1. The number of hydrogen-bond acceptors (Lipinski definition) is 4. The average molecular weight is 271 g/mol. The van der Waals surface area contributed by atoms with Crippen molar-refractivity contribution >= 4 is 21.7 Å². The smallest absolute Gasteiger partial charge is 0.143 e. The Morgan fingerprint density at radius 1 is 1.47 bits per heavy atom. The van der Waals surface area contributed by atoms with Crippen LogP contribution >= 0.6 is 15.9 Å². The molecule has 0 aromatic carbocycles. The summed E-state index contributed by atoms with van der Waals surface area (Å²) >= 11 is 3.44. The van der Waals surface area contributed by atoms with Crippen LogP contribution in [0.15, 0.2) is 17.0 Å². The number of anilines is 1. The van der Waals surface area contributed by atoms with Gasteiger partial charge in [-0.25, -0.2) is 9.97 Å². The van der Waals surface area contributed by atoms with Gasteiger partial charge in [-0.3, -0.25) is 0 Å². The maximum absolute atomic E-state index is 4.21. The summed E-state index contributed by atoms with van der Waals surface area (Å²) in [4.78, 5) is 10.5. The van der Waals surface area contributed by atoms with Crippen molar-refractivity contribution in [3.05, 3.63) is 17.0 Å². The van der Waals surface area contributed by atoms with Crippen LogP contribution in [0.5, 0.6) is 0 Å². The summed E-state index contributed by atoms with van der Waals surface area (Å²) in [6.07, 6.45) is 5.69. The Bertz CT molecular complexity index is 323.